The third kappa shape index (κ3) is 4.93. The number of halogens is 2. The topological polar surface area (TPSA) is 47.6 Å². The average Bonchev–Trinajstić information content (AvgIpc) is 2.52. The Morgan fingerprint density at radius 3 is 2.45 bits per heavy atom. The molecule has 0 atom stereocenters. The number of hydrogen-bond donors (Lipinski definition) is 1. The van der Waals surface area contributed by atoms with Gasteiger partial charge in [0.15, 0.2) is 18.2 Å². The van der Waals surface area contributed by atoms with E-state index in [1.165, 1.54) is 12.1 Å². The highest BCUT2D eigenvalue weighted by molar-refractivity contribution is 6.32. The number of para-hydroxylation sites is 2. The zero-order valence-electron chi connectivity index (χ0n) is 11.7. The average molecular weight is 324 g/mol. The van der Waals surface area contributed by atoms with Crippen molar-refractivity contribution in [2.75, 3.05) is 19.8 Å². The number of nitrogens with one attached hydrogen (secondary N) is 1. The second-order valence-electron chi connectivity index (χ2n) is 4.35. The Bertz CT molecular complexity index is 636. The number of carbonyl (C=O) groups is 1. The first kappa shape index (κ1) is 16.1. The maximum atomic E-state index is 13.3. The van der Waals surface area contributed by atoms with Crippen LogP contribution in [0.15, 0.2) is 48.5 Å². The van der Waals surface area contributed by atoms with E-state index in [4.69, 9.17) is 21.1 Å². The molecule has 0 aliphatic heterocycles. The van der Waals surface area contributed by atoms with Gasteiger partial charge in [-0.15, -0.1) is 0 Å². The van der Waals surface area contributed by atoms with Gasteiger partial charge in [-0.3, -0.25) is 4.79 Å². The standard InChI is InChI=1S/C16H15ClFNO3/c17-12-5-1-3-7-14(12)22-11-16(20)19-9-10-21-15-8-4-2-6-13(15)18/h1-8H,9-11H2,(H,19,20). The van der Waals surface area contributed by atoms with Gasteiger partial charge in [0, 0.05) is 0 Å². The van der Waals surface area contributed by atoms with Gasteiger partial charge in [-0.2, -0.15) is 0 Å². The predicted octanol–water partition coefficient (Wildman–Crippen LogP) is 3.05. The van der Waals surface area contributed by atoms with Crippen LogP contribution in [0.5, 0.6) is 11.5 Å². The molecule has 2 aromatic carbocycles. The van der Waals surface area contributed by atoms with E-state index in [0.29, 0.717) is 10.8 Å². The summed E-state index contributed by atoms with van der Waals surface area (Å²) in [6, 6.07) is 13.0. The number of benzene rings is 2. The number of amides is 1. The van der Waals surface area contributed by atoms with Crippen molar-refractivity contribution in [2.24, 2.45) is 0 Å². The van der Waals surface area contributed by atoms with Crippen molar-refractivity contribution >= 4 is 17.5 Å². The van der Waals surface area contributed by atoms with E-state index >= 15 is 0 Å². The van der Waals surface area contributed by atoms with E-state index in [9.17, 15) is 9.18 Å². The minimum atomic E-state index is -0.434. The molecule has 1 N–H and O–H groups in total. The lowest BCUT2D eigenvalue weighted by Gasteiger charge is -2.10. The molecule has 0 aliphatic rings. The molecule has 0 fully saturated rings. The fraction of sp³-hybridized carbons (Fsp3) is 0.188. The molecule has 22 heavy (non-hydrogen) atoms. The third-order valence-corrected chi connectivity index (χ3v) is 3.03. The summed E-state index contributed by atoms with van der Waals surface area (Å²) in [7, 11) is 0. The molecule has 0 saturated carbocycles. The van der Waals surface area contributed by atoms with Gasteiger partial charge in [0.25, 0.3) is 5.91 Å². The molecule has 0 saturated heterocycles. The van der Waals surface area contributed by atoms with Crippen LogP contribution in [-0.4, -0.2) is 25.7 Å². The molecule has 0 radical (unpaired) electrons. The zero-order chi connectivity index (χ0) is 15.8. The van der Waals surface area contributed by atoms with Crippen LogP contribution < -0.4 is 14.8 Å². The Morgan fingerprint density at radius 2 is 1.73 bits per heavy atom. The van der Waals surface area contributed by atoms with Crippen LogP contribution in [0.25, 0.3) is 0 Å². The highest BCUT2D eigenvalue weighted by Crippen LogP contribution is 2.22. The van der Waals surface area contributed by atoms with Crippen LogP contribution in [0.4, 0.5) is 4.39 Å². The molecule has 0 aliphatic carbocycles. The smallest absolute Gasteiger partial charge is 0.258 e. The summed E-state index contributed by atoms with van der Waals surface area (Å²) in [5.41, 5.74) is 0. The van der Waals surface area contributed by atoms with E-state index in [-0.39, 0.29) is 31.4 Å². The first-order valence-electron chi connectivity index (χ1n) is 6.68. The molecule has 0 unspecified atom stereocenters. The van der Waals surface area contributed by atoms with E-state index in [0.717, 1.165) is 0 Å². The normalized spacial score (nSPS) is 10.1. The lowest BCUT2D eigenvalue weighted by Crippen LogP contribution is -2.32. The van der Waals surface area contributed by atoms with Crippen LogP contribution >= 0.6 is 11.6 Å². The summed E-state index contributed by atoms with van der Waals surface area (Å²) >= 11 is 5.90. The molecular formula is C16H15ClFNO3. The molecule has 116 valence electrons. The third-order valence-electron chi connectivity index (χ3n) is 2.71. The predicted molar refractivity (Wildman–Crippen MR) is 81.9 cm³/mol. The first-order chi connectivity index (χ1) is 10.7. The van der Waals surface area contributed by atoms with Crippen molar-refractivity contribution in [3.05, 3.63) is 59.4 Å². The van der Waals surface area contributed by atoms with Gasteiger partial charge in [-0.05, 0) is 24.3 Å². The van der Waals surface area contributed by atoms with Gasteiger partial charge in [-0.25, -0.2) is 4.39 Å². The molecule has 0 spiro atoms. The quantitative estimate of drug-likeness (QED) is 0.797. The Kier molecular flexibility index (Phi) is 6.03. The monoisotopic (exact) mass is 323 g/mol. The van der Waals surface area contributed by atoms with E-state index in [1.807, 2.05) is 0 Å². The van der Waals surface area contributed by atoms with Gasteiger partial charge in [0.05, 0.1) is 11.6 Å². The first-order valence-corrected chi connectivity index (χ1v) is 7.06. The zero-order valence-corrected chi connectivity index (χ0v) is 12.5. The maximum Gasteiger partial charge on any atom is 0.258 e. The Balaban J connectivity index is 1.66. The largest absolute Gasteiger partial charge is 0.489 e. The van der Waals surface area contributed by atoms with Crippen molar-refractivity contribution in [2.45, 2.75) is 0 Å². The van der Waals surface area contributed by atoms with Crippen LogP contribution in [0.3, 0.4) is 0 Å². The van der Waals surface area contributed by atoms with Gasteiger partial charge in [0.2, 0.25) is 0 Å². The SMILES string of the molecule is O=C(COc1ccccc1Cl)NCCOc1ccccc1F. The molecule has 4 nitrogen and oxygen atoms in total. The van der Waals surface area contributed by atoms with Gasteiger partial charge in [0.1, 0.15) is 12.4 Å². The van der Waals surface area contributed by atoms with Crippen molar-refractivity contribution < 1.29 is 18.7 Å². The summed E-state index contributed by atoms with van der Waals surface area (Å²) in [6.45, 7) is 0.265. The summed E-state index contributed by atoms with van der Waals surface area (Å²) < 4.78 is 23.8. The van der Waals surface area contributed by atoms with Crippen LogP contribution in [0.2, 0.25) is 5.02 Å². The number of carbonyl (C=O) groups excluding carboxylic acids is 1. The molecule has 6 heteroatoms. The van der Waals surface area contributed by atoms with Gasteiger partial charge in [-0.1, -0.05) is 35.9 Å². The van der Waals surface area contributed by atoms with Crippen LogP contribution in [0.1, 0.15) is 0 Å². The minimum absolute atomic E-state index is 0.149. The Labute approximate surface area is 132 Å². The maximum absolute atomic E-state index is 13.3. The summed E-state index contributed by atoms with van der Waals surface area (Å²) in [4.78, 5) is 11.6. The van der Waals surface area contributed by atoms with E-state index < -0.39 is 5.82 Å². The molecule has 2 rings (SSSR count). The summed E-state index contributed by atoms with van der Waals surface area (Å²) in [5.74, 6) is -0.140. The molecule has 2 aromatic rings. The number of rotatable bonds is 7. The highest BCUT2D eigenvalue weighted by Gasteiger charge is 2.05. The molecule has 0 bridgehead atoms. The lowest BCUT2D eigenvalue weighted by atomic mass is 10.3. The Morgan fingerprint density at radius 1 is 1.05 bits per heavy atom. The molecule has 0 aromatic heterocycles. The number of ether oxygens (including phenoxy) is 2. The second-order valence-corrected chi connectivity index (χ2v) is 4.76. The van der Waals surface area contributed by atoms with Crippen molar-refractivity contribution in [1.82, 2.24) is 5.32 Å². The fourth-order valence-corrected chi connectivity index (χ4v) is 1.86. The summed E-state index contributed by atoms with van der Waals surface area (Å²) in [6.07, 6.45) is 0. The fourth-order valence-electron chi connectivity index (χ4n) is 1.67. The van der Waals surface area contributed by atoms with Crippen molar-refractivity contribution in [1.29, 1.82) is 0 Å². The molecule has 0 heterocycles. The van der Waals surface area contributed by atoms with E-state index in [2.05, 4.69) is 5.32 Å². The van der Waals surface area contributed by atoms with Crippen molar-refractivity contribution in [3.63, 3.8) is 0 Å². The Hall–Kier alpha value is -2.27. The lowest BCUT2D eigenvalue weighted by molar-refractivity contribution is -0.123. The second kappa shape index (κ2) is 8.24. The molecule has 1 amide bonds. The molecular weight excluding hydrogens is 309 g/mol. The summed E-state index contributed by atoms with van der Waals surface area (Å²) in [5, 5.41) is 3.05. The van der Waals surface area contributed by atoms with Crippen molar-refractivity contribution in [3.8, 4) is 11.5 Å². The van der Waals surface area contributed by atoms with Gasteiger partial charge >= 0.3 is 0 Å². The highest BCUT2D eigenvalue weighted by atomic mass is 35.5. The van der Waals surface area contributed by atoms with Gasteiger partial charge < -0.3 is 14.8 Å². The minimum Gasteiger partial charge on any atom is -0.489 e. The van der Waals surface area contributed by atoms with Crippen LogP contribution in [-0.2, 0) is 4.79 Å². The number of hydrogen-bond acceptors (Lipinski definition) is 3. The van der Waals surface area contributed by atoms with E-state index in [1.54, 1.807) is 36.4 Å². The van der Waals surface area contributed by atoms with Crippen LogP contribution in [0, 0.1) is 5.82 Å².